The van der Waals surface area contributed by atoms with E-state index in [0.29, 0.717) is 22.8 Å². The van der Waals surface area contributed by atoms with Crippen LogP contribution in [-0.2, 0) is 0 Å². The first-order chi connectivity index (χ1) is 9.74. The molecule has 0 aliphatic rings. The fourth-order valence-electron chi connectivity index (χ4n) is 2.14. The van der Waals surface area contributed by atoms with Crippen LogP contribution in [0.5, 0.6) is 5.75 Å². The van der Waals surface area contributed by atoms with Crippen molar-refractivity contribution in [2.45, 2.75) is 0 Å². The van der Waals surface area contributed by atoms with Gasteiger partial charge in [-0.05, 0) is 18.2 Å². The lowest BCUT2D eigenvalue weighted by atomic mass is 10.2. The van der Waals surface area contributed by atoms with Gasteiger partial charge in [-0.25, -0.2) is 4.98 Å². The smallest absolute Gasteiger partial charge is 0.206 e. The van der Waals surface area contributed by atoms with Crippen molar-refractivity contribution in [3.05, 3.63) is 42.2 Å². The fourth-order valence-corrected chi connectivity index (χ4v) is 2.14. The van der Waals surface area contributed by atoms with Crippen molar-refractivity contribution in [2.75, 3.05) is 12.8 Å². The number of hydrogen-bond donors (Lipinski definition) is 1. The maximum absolute atomic E-state index is 8.95. The molecule has 2 aromatic heterocycles. The lowest BCUT2D eigenvalue weighted by Gasteiger charge is -2.11. The zero-order valence-electron chi connectivity index (χ0n) is 10.7. The summed E-state index contributed by atoms with van der Waals surface area (Å²) in [5, 5.41) is 8.95. The van der Waals surface area contributed by atoms with E-state index in [1.807, 2.05) is 6.07 Å². The first kappa shape index (κ1) is 12.0. The molecule has 0 radical (unpaired) electrons. The minimum atomic E-state index is 0.344. The number of nitrogen functional groups attached to an aromatic ring is 1. The van der Waals surface area contributed by atoms with Gasteiger partial charge in [-0.1, -0.05) is 0 Å². The van der Waals surface area contributed by atoms with Gasteiger partial charge in [0.2, 0.25) is 5.95 Å². The summed E-state index contributed by atoms with van der Waals surface area (Å²) in [5.41, 5.74) is 8.78. The van der Waals surface area contributed by atoms with Gasteiger partial charge in [-0.2, -0.15) is 5.26 Å². The fraction of sp³-hybridized carbons (Fsp3) is 0.0714. The number of nitrogens with two attached hydrogens (primary N) is 1. The maximum atomic E-state index is 8.95. The molecule has 0 fully saturated rings. The number of hydrogen-bond acceptors (Lipinski definition) is 5. The molecule has 2 heterocycles. The molecule has 0 bridgehead atoms. The molecule has 0 unspecified atom stereocenters. The van der Waals surface area contributed by atoms with Gasteiger partial charge in [0.25, 0.3) is 0 Å². The average Bonchev–Trinajstić information content (AvgIpc) is 2.82. The minimum Gasteiger partial charge on any atom is -0.495 e. The van der Waals surface area contributed by atoms with Crippen molar-refractivity contribution in [3.63, 3.8) is 0 Å². The van der Waals surface area contributed by atoms with Crippen LogP contribution in [0, 0.1) is 11.3 Å². The summed E-state index contributed by atoms with van der Waals surface area (Å²) in [4.78, 5) is 8.29. The molecule has 3 rings (SSSR count). The zero-order chi connectivity index (χ0) is 14.1. The van der Waals surface area contributed by atoms with E-state index in [1.54, 1.807) is 42.3 Å². The molecular formula is C14H11N5O. The van der Waals surface area contributed by atoms with E-state index in [-0.39, 0.29) is 0 Å². The summed E-state index contributed by atoms with van der Waals surface area (Å²) < 4.78 is 7.12. The zero-order valence-corrected chi connectivity index (χ0v) is 10.7. The van der Waals surface area contributed by atoms with Crippen LogP contribution in [-0.4, -0.2) is 21.6 Å². The second-order valence-corrected chi connectivity index (χ2v) is 4.17. The predicted octanol–water partition coefficient (Wildman–Crippen LogP) is 1.88. The highest BCUT2D eigenvalue weighted by molar-refractivity contribution is 5.80. The second-order valence-electron chi connectivity index (χ2n) is 4.17. The number of ether oxygens (including phenoxy) is 1. The standard InChI is InChI=1S/C14H11N5O/c1-20-13-6-9(7-15)2-3-12(13)19-11-4-5-17-8-10(11)18-14(19)16/h2-6,8H,1H3,(H2,16,18). The predicted molar refractivity (Wildman–Crippen MR) is 74.5 cm³/mol. The molecule has 20 heavy (non-hydrogen) atoms. The number of rotatable bonds is 2. The van der Waals surface area contributed by atoms with E-state index < -0.39 is 0 Å². The third kappa shape index (κ3) is 1.73. The molecule has 2 N–H and O–H groups in total. The van der Waals surface area contributed by atoms with E-state index in [1.165, 1.54) is 0 Å². The van der Waals surface area contributed by atoms with Gasteiger partial charge in [0.1, 0.15) is 11.3 Å². The lowest BCUT2D eigenvalue weighted by Crippen LogP contribution is -2.03. The molecule has 0 amide bonds. The molecule has 0 saturated carbocycles. The third-order valence-electron chi connectivity index (χ3n) is 3.03. The van der Waals surface area contributed by atoms with E-state index in [4.69, 9.17) is 15.7 Å². The molecule has 1 aromatic carbocycles. The Morgan fingerprint density at radius 3 is 2.95 bits per heavy atom. The van der Waals surface area contributed by atoms with Crippen molar-refractivity contribution < 1.29 is 4.74 Å². The minimum absolute atomic E-state index is 0.344. The molecular weight excluding hydrogens is 254 g/mol. The Morgan fingerprint density at radius 1 is 1.35 bits per heavy atom. The van der Waals surface area contributed by atoms with Crippen LogP contribution >= 0.6 is 0 Å². The molecule has 0 saturated heterocycles. The molecule has 0 aliphatic heterocycles. The SMILES string of the molecule is COc1cc(C#N)ccc1-n1c(N)nc2cnccc21. The Kier molecular flexibility index (Phi) is 2.73. The summed E-state index contributed by atoms with van der Waals surface area (Å²) in [6.07, 6.45) is 3.33. The van der Waals surface area contributed by atoms with Crippen molar-refractivity contribution in [2.24, 2.45) is 0 Å². The number of benzene rings is 1. The number of nitriles is 1. The normalized spacial score (nSPS) is 10.4. The molecule has 6 nitrogen and oxygen atoms in total. The number of imidazole rings is 1. The Balaban J connectivity index is 2.31. The number of pyridine rings is 1. The monoisotopic (exact) mass is 265 g/mol. The van der Waals surface area contributed by atoms with Gasteiger partial charge in [-0.15, -0.1) is 0 Å². The van der Waals surface area contributed by atoms with Crippen LogP contribution in [0.25, 0.3) is 16.7 Å². The Morgan fingerprint density at radius 2 is 2.20 bits per heavy atom. The Bertz CT molecular complexity index is 831. The number of nitrogens with zero attached hydrogens (tertiary/aromatic N) is 4. The number of aromatic nitrogens is 3. The topological polar surface area (TPSA) is 89.8 Å². The highest BCUT2D eigenvalue weighted by atomic mass is 16.5. The van der Waals surface area contributed by atoms with Gasteiger partial charge in [0.05, 0.1) is 36.1 Å². The molecule has 6 heteroatoms. The average molecular weight is 265 g/mol. The van der Waals surface area contributed by atoms with Gasteiger partial charge < -0.3 is 10.5 Å². The lowest BCUT2D eigenvalue weighted by molar-refractivity contribution is 0.413. The second kappa shape index (κ2) is 4.55. The van der Waals surface area contributed by atoms with E-state index in [9.17, 15) is 0 Å². The maximum Gasteiger partial charge on any atom is 0.206 e. The Labute approximate surface area is 115 Å². The largest absolute Gasteiger partial charge is 0.495 e. The summed E-state index contributed by atoms with van der Waals surface area (Å²) in [6.45, 7) is 0. The number of methoxy groups -OCH3 is 1. The van der Waals surface area contributed by atoms with Crippen LogP contribution in [0.1, 0.15) is 5.56 Å². The summed E-state index contributed by atoms with van der Waals surface area (Å²) in [5.74, 6) is 0.905. The van der Waals surface area contributed by atoms with Crippen LogP contribution in [0.4, 0.5) is 5.95 Å². The van der Waals surface area contributed by atoms with Gasteiger partial charge in [0, 0.05) is 12.3 Å². The quantitative estimate of drug-likeness (QED) is 0.764. The highest BCUT2D eigenvalue weighted by Crippen LogP contribution is 2.29. The van der Waals surface area contributed by atoms with Crippen molar-refractivity contribution in [1.29, 1.82) is 5.26 Å². The van der Waals surface area contributed by atoms with Gasteiger partial charge in [-0.3, -0.25) is 9.55 Å². The molecule has 0 aliphatic carbocycles. The summed E-state index contributed by atoms with van der Waals surface area (Å²) >= 11 is 0. The molecule has 3 aromatic rings. The van der Waals surface area contributed by atoms with Crippen molar-refractivity contribution in [1.82, 2.24) is 14.5 Å². The van der Waals surface area contributed by atoms with Gasteiger partial charge >= 0.3 is 0 Å². The first-order valence-corrected chi connectivity index (χ1v) is 5.91. The first-order valence-electron chi connectivity index (χ1n) is 5.91. The van der Waals surface area contributed by atoms with Crippen molar-refractivity contribution >= 4 is 17.0 Å². The van der Waals surface area contributed by atoms with Crippen LogP contribution in [0.3, 0.4) is 0 Å². The highest BCUT2D eigenvalue weighted by Gasteiger charge is 2.14. The summed E-state index contributed by atoms with van der Waals surface area (Å²) in [6, 6.07) is 9.08. The number of anilines is 1. The molecule has 0 atom stereocenters. The van der Waals surface area contributed by atoms with Crippen molar-refractivity contribution in [3.8, 4) is 17.5 Å². The molecule has 0 spiro atoms. The summed E-state index contributed by atoms with van der Waals surface area (Å²) in [7, 11) is 1.55. The Hall–Kier alpha value is -3.07. The van der Waals surface area contributed by atoms with Crippen LogP contribution in [0.2, 0.25) is 0 Å². The molecule has 98 valence electrons. The van der Waals surface area contributed by atoms with E-state index in [2.05, 4.69) is 16.0 Å². The van der Waals surface area contributed by atoms with Crippen LogP contribution in [0.15, 0.2) is 36.7 Å². The van der Waals surface area contributed by atoms with Crippen LogP contribution < -0.4 is 10.5 Å². The number of fused-ring (bicyclic) bond motifs is 1. The third-order valence-corrected chi connectivity index (χ3v) is 3.03. The van der Waals surface area contributed by atoms with Gasteiger partial charge in [0.15, 0.2) is 0 Å². The van der Waals surface area contributed by atoms with E-state index >= 15 is 0 Å². The van der Waals surface area contributed by atoms with E-state index in [0.717, 1.165) is 11.2 Å².